The van der Waals surface area contributed by atoms with Gasteiger partial charge in [0.25, 0.3) is 0 Å². The summed E-state index contributed by atoms with van der Waals surface area (Å²) >= 11 is 1.69. The monoisotopic (exact) mass is 681 g/mol. The highest BCUT2D eigenvalue weighted by Gasteiger charge is 2.30. The topological polar surface area (TPSA) is 22.6 Å². The van der Waals surface area contributed by atoms with Crippen LogP contribution in [-0.2, 0) is 5.41 Å². The van der Waals surface area contributed by atoms with Crippen molar-refractivity contribution in [3.8, 4) is 22.3 Å². The van der Waals surface area contributed by atoms with E-state index in [9.17, 15) is 0 Å². The van der Waals surface area contributed by atoms with Gasteiger partial charge < -0.3 is 9.80 Å². The minimum atomic E-state index is -2.24. The molecule has 0 amide bonds. The third-order valence-electron chi connectivity index (χ3n) is 10.2. The highest BCUT2D eigenvalue weighted by atomic mass is 32.2. The van der Waals surface area contributed by atoms with Gasteiger partial charge in [-0.25, -0.2) is 4.98 Å². The van der Waals surface area contributed by atoms with E-state index in [0.29, 0.717) is 5.69 Å². The van der Waals surface area contributed by atoms with Gasteiger partial charge >= 0.3 is 0 Å². The maximum absolute atomic E-state index is 8.17. The molecule has 248 valence electrons. The predicted molar refractivity (Wildman–Crippen MR) is 214 cm³/mol. The lowest BCUT2D eigenvalue weighted by Crippen LogP contribution is -2.23. The SMILES string of the molecule is [2H]C([2H])([2H])N1CN(c2cccc(Sc3ccc4c(c3)N(c3cc(C(C)(C)c5ccccc5)ccn3)c3ccccc3-c3ccccc3-4)c2)c2ccccc21. The molecule has 0 N–H and O–H groups in total. The van der Waals surface area contributed by atoms with Crippen LogP contribution in [0.4, 0.5) is 34.3 Å². The summed E-state index contributed by atoms with van der Waals surface area (Å²) in [5.74, 6) is 0.855. The normalized spacial score (nSPS) is 14.4. The lowest BCUT2D eigenvalue weighted by Gasteiger charge is -2.30. The van der Waals surface area contributed by atoms with Gasteiger partial charge in [-0.05, 0) is 82.9 Å². The molecule has 0 saturated carbocycles. The van der Waals surface area contributed by atoms with Gasteiger partial charge in [-0.3, -0.25) is 4.90 Å². The molecule has 51 heavy (non-hydrogen) atoms. The van der Waals surface area contributed by atoms with Crippen LogP contribution in [-0.4, -0.2) is 18.6 Å². The Labute approximate surface area is 308 Å². The molecule has 6 aromatic carbocycles. The first-order valence-electron chi connectivity index (χ1n) is 18.7. The Morgan fingerprint density at radius 2 is 1.24 bits per heavy atom. The molecule has 9 rings (SSSR count). The number of nitrogens with zero attached hydrogens (tertiary/aromatic N) is 4. The molecule has 5 heteroatoms. The van der Waals surface area contributed by atoms with Crippen molar-refractivity contribution in [2.45, 2.75) is 29.1 Å². The van der Waals surface area contributed by atoms with Gasteiger partial charge in [-0.1, -0.05) is 123 Å². The summed E-state index contributed by atoms with van der Waals surface area (Å²) in [7, 11) is 0. The fourth-order valence-corrected chi connectivity index (χ4v) is 8.36. The van der Waals surface area contributed by atoms with Crippen molar-refractivity contribution in [3.05, 3.63) is 175 Å². The molecule has 2 aliphatic rings. The molecule has 0 bridgehead atoms. The van der Waals surface area contributed by atoms with Crippen LogP contribution in [0, 0.1) is 0 Å². The van der Waals surface area contributed by atoms with Crippen LogP contribution in [0.15, 0.2) is 174 Å². The highest BCUT2D eigenvalue weighted by molar-refractivity contribution is 7.99. The van der Waals surface area contributed by atoms with E-state index in [2.05, 4.69) is 145 Å². The number of benzene rings is 6. The molecule has 0 fully saturated rings. The first kappa shape index (κ1) is 28.0. The van der Waals surface area contributed by atoms with Gasteiger partial charge in [0.15, 0.2) is 0 Å². The first-order chi connectivity index (χ1) is 26.2. The van der Waals surface area contributed by atoms with Crippen LogP contribution in [0.5, 0.6) is 0 Å². The smallest absolute Gasteiger partial charge is 0.137 e. The number of pyridine rings is 1. The van der Waals surface area contributed by atoms with Crippen LogP contribution in [0.25, 0.3) is 22.3 Å². The third kappa shape index (κ3) is 5.45. The second-order valence-electron chi connectivity index (χ2n) is 13.6. The molecule has 0 aliphatic carbocycles. The average molecular weight is 682 g/mol. The first-order valence-corrected chi connectivity index (χ1v) is 18.1. The number of aromatic nitrogens is 1. The highest BCUT2D eigenvalue weighted by Crippen LogP contribution is 2.52. The van der Waals surface area contributed by atoms with Crippen LogP contribution >= 0.6 is 11.8 Å². The Morgan fingerprint density at radius 3 is 2.02 bits per heavy atom. The Kier molecular flexibility index (Phi) is 6.87. The minimum absolute atomic E-state index is 0.241. The van der Waals surface area contributed by atoms with Crippen molar-refractivity contribution in [3.63, 3.8) is 0 Å². The fraction of sp³-hybridized carbons (Fsp3) is 0.109. The molecule has 7 aromatic rings. The van der Waals surface area contributed by atoms with E-state index >= 15 is 0 Å². The molecular formula is C46H38N4S. The Hall–Kier alpha value is -5.78. The number of hydrogen-bond acceptors (Lipinski definition) is 5. The van der Waals surface area contributed by atoms with Crippen molar-refractivity contribution >= 4 is 46.0 Å². The largest absolute Gasteiger partial charge is 0.355 e. The maximum atomic E-state index is 8.17. The van der Waals surface area contributed by atoms with Gasteiger partial charge in [0.05, 0.1) is 29.4 Å². The van der Waals surface area contributed by atoms with Gasteiger partial charge in [0.2, 0.25) is 0 Å². The second kappa shape index (κ2) is 12.5. The molecule has 0 atom stereocenters. The van der Waals surface area contributed by atoms with Gasteiger partial charge in [-0.15, -0.1) is 0 Å². The number of anilines is 6. The van der Waals surface area contributed by atoms with Crippen LogP contribution in [0.3, 0.4) is 0 Å². The number of para-hydroxylation sites is 3. The number of fused-ring (bicyclic) bond motifs is 6. The average Bonchev–Trinajstić information content (AvgIpc) is 3.55. The Bertz CT molecular complexity index is 2520. The molecule has 0 unspecified atom stereocenters. The van der Waals surface area contributed by atoms with E-state index < -0.39 is 6.98 Å². The Morgan fingerprint density at radius 1 is 0.569 bits per heavy atom. The van der Waals surface area contributed by atoms with Crippen molar-refractivity contribution in [1.29, 1.82) is 0 Å². The summed E-state index contributed by atoms with van der Waals surface area (Å²) in [6, 6.07) is 55.1. The van der Waals surface area contributed by atoms with Crippen LogP contribution in [0.2, 0.25) is 0 Å². The summed E-state index contributed by atoms with van der Waals surface area (Å²) in [6.45, 7) is 2.55. The van der Waals surface area contributed by atoms with E-state index in [1.54, 1.807) is 11.8 Å². The molecule has 4 nitrogen and oxygen atoms in total. The standard InChI is InChI=1S/C46H38N4S/c1-46(2,32-14-5-4-6-15-32)33-26-27-47-45(28-33)50-41-21-10-9-20-39(41)37-18-7-8-19-38(37)40-25-24-36(30-44(40)50)51-35-17-13-16-34(29-35)49-31-48(3)42-22-11-12-23-43(42)49/h4-30H,31H2,1-3H3/i3D3. The van der Waals surface area contributed by atoms with E-state index in [1.165, 1.54) is 27.2 Å². The third-order valence-corrected chi connectivity index (χ3v) is 11.1. The number of hydrogen-bond donors (Lipinski definition) is 0. The lowest BCUT2D eigenvalue weighted by molar-refractivity contribution is 0.640. The van der Waals surface area contributed by atoms with Crippen LogP contribution in [0.1, 0.15) is 29.1 Å². The van der Waals surface area contributed by atoms with Crippen LogP contribution < -0.4 is 14.7 Å². The molecule has 3 heterocycles. The van der Waals surface area contributed by atoms with Crippen molar-refractivity contribution in [1.82, 2.24) is 4.98 Å². The van der Waals surface area contributed by atoms with Gasteiger partial charge in [0.1, 0.15) is 5.82 Å². The fourth-order valence-electron chi connectivity index (χ4n) is 7.45. The zero-order valence-electron chi connectivity index (χ0n) is 31.5. The lowest BCUT2D eigenvalue weighted by atomic mass is 9.78. The predicted octanol–water partition coefficient (Wildman–Crippen LogP) is 12.2. The van der Waals surface area contributed by atoms with Gasteiger partial charge in [-0.2, -0.15) is 0 Å². The zero-order chi connectivity index (χ0) is 37.0. The van der Waals surface area contributed by atoms with Crippen molar-refractivity contribution in [2.24, 2.45) is 0 Å². The van der Waals surface area contributed by atoms with Crippen molar-refractivity contribution < 1.29 is 4.11 Å². The van der Waals surface area contributed by atoms with Crippen molar-refractivity contribution in [2.75, 3.05) is 28.3 Å². The molecule has 2 aliphatic heterocycles. The minimum Gasteiger partial charge on any atom is -0.355 e. The summed E-state index contributed by atoms with van der Waals surface area (Å²) < 4.78 is 24.5. The molecular weight excluding hydrogens is 641 g/mol. The summed E-state index contributed by atoms with van der Waals surface area (Å²) in [6.07, 6.45) is 1.93. The zero-order valence-corrected chi connectivity index (χ0v) is 29.3. The molecule has 1 aromatic heterocycles. The number of rotatable bonds is 6. The van der Waals surface area contributed by atoms with E-state index in [4.69, 9.17) is 9.10 Å². The molecule has 0 spiro atoms. The van der Waals surface area contributed by atoms with E-state index in [0.717, 1.165) is 49.5 Å². The quantitative estimate of drug-likeness (QED) is 0.174. The molecule has 0 saturated heterocycles. The van der Waals surface area contributed by atoms with E-state index in [1.807, 2.05) is 42.6 Å². The van der Waals surface area contributed by atoms with E-state index in [-0.39, 0.29) is 12.1 Å². The second-order valence-corrected chi connectivity index (χ2v) is 14.7. The Balaban J connectivity index is 1.14. The van der Waals surface area contributed by atoms with Gasteiger partial charge in [0, 0.05) is 49.3 Å². The summed E-state index contributed by atoms with van der Waals surface area (Å²) in [5.41, 5.74) is 11.5. The molecule has 0 radical (unpaired) electrons. The summed E-state index contributed by atoms with van der Waals surface area (Å²) in [4.78, 5) is 13.1. The summed E-state index contributed by atoms with van der Waals surface area (Å²) in [5, 5.41) is 0. The maximum Gasteiger partial charge on any atom is 0.137 e.